The number of piperidine rings is 1. The molecule has 34 heavy (non-hydrogen) atoms. The number of carbonyl (C=O) groups excluding carboxylic acids is 1. The van der Waals surface area contributed by atoms with Crippen LogP contribution in [0.4, 0.5) is 4.79 Å². The van der Waals surface area contributed by atoms with Crippen LogP contribution >= 0.6 is 23.2 Å². The first-order chi connectivity index (χ1) is 15.8. The van der Waals surface area contributed by atoms with Crippen molar-refractivity contribution >= 4 is 39.3 Å². The highest BCUT2D eigenvalue weighted by molar-refractivity contribution is 7.90. The highest BCUT2D eigenvalue weighted by Gasteiger charge is 2.37. The number of carbonyl (C=O) groups is 1. The minimum absolute atomic E-state index is 0.237. The van der Waals surface area contributed by atoms with Gasteiger partial charge in [0.1, 0.15) is 5.60 Å². The monoisotopic (exact) mass is 526 g/mol. The second kappa shape index (κ2) is 10.4. The molecule has 0 spiro atoms. The normalized spacial score (nSPS) is 19.4. The Balaban J connectivity index is 1.91. The molecule has 0 bridgehead atoms. The van der Waals surface area contributed by atoms with Gasteiger partial charge in [0.25, 0.3) is 0 Å². The predicted molar refractivity (Wildman–Crippen MR) is 138 cm³/mol. The molecule has 0 unspecified atom stereocenters. The molecule has 1 heterocycles. The molecule has 0 aliphatic carbocycles. The van der Waals surface area contributed by atoms with E-state index in [-0.39, 0.29) is 12.0 Å². The van der Waals surface area contributed by atoms with Crippen molar-refractivity contribution in [1.29, 1.82) is 0 Å². The van der Waals surface area contributed by atoms with Crippen LogP contribution in [0, 0.1) is 0 Å². The van der Waals surface area contributed by atoms with Crippen LogP contribution in [0.5, 0.6) is 0 Å². The van der Waals surface area contributed by atoms with Gasteiger partial charge >= 0.3 is 6.09 Å². The van der Waals surface area contributed by atoms with Crippen LogP contribution in [0.2, 0.25) is 10.0 Å². The minimum Gasteiger partial charge on any atom is -0.444 e. The lowest BCUT2D eigenvalue weighted by atomic mass is 9.86. The maximum Gasteiger partial charge on any atom is 0.410 e. The highest BCUT2D eigenvalue weighted by atomic mass is 35.5. The Bertz CT molecular complexity index is 1130. The summed E-state index contributed by atoms with van der Waals surface area (Å²) in [5.74, 6) is -0.237. The Kier molecular flexibility index (Phi) is 8.23. The average molecular weight is 528 g/mol. The van der Waals surface area contributed by atoms with Crippen molar-refractivity contribution < 1.29 is 17.9 Å². The van der Waals surface area contributed by atoms with E-state index in [9.17, 15) is 13.2 Å². The molecule has 0 radical (unpaired) electrons. The molecule has 186 valence electrons. The SMILES string of the molecule is CC(C)S(=O)(=O)N[C@@H]1CCN(C(=O)OC(C)(C)C)C[C@H]1c1ccc(-c2cc(Cl)ccc2Cl)cc1. The third-order valence-electron chi connectivity index (χ3n) is 5.78. The number of hydrogen-bond acceptors (Lipinski definition) is 4. The maximum absolute atomic E-state index is 12.7. The number of hydrogen-bond donors (Lipinski definition) is 1. The minimum atomic E-state index is -3.48. The van der Waals surface area contributed by atoms with Crippen LogP contribution in [0.3, 0.4) is 0 Å². The lowest BCUT2D eigenvalue weighted by molar-refractivity contribution is 0.0182. The van der Waals surface area contributed by atoms with Crippen molar-refractivity contribution in [2.24, 2.45) is 0 Å². The summed E-state index contributed by atoms with van der Waals surface area (Å²) >= 11 is 12.5. The molecule has 2 aromatic carbocycles. The van der Waals surface area contributed by atoms with Gasteiger partial charge in [-0.25, -0.2) is 17.9 Å². The zero-order chi connectivity index (χ0) is 25.3. The smallest absolute Gasteiger partial charge is 0.410 e. The molecule has 1 aliphatic heterocycles. The third kappa shape index (κ3) is 6.66. The lowest BCUT2D eigenvalue weighted by Gasteiger charge is -2.39. The molecule has 2 aromatic rings. The first-order valence-corrected chi connectivity index (χ1v) is 13.6. The number of ether oxygens (including phenoxy) is 1. The first-order valence-electron chi connectivity index (χ1n) is 11.3. The topological polar surface area (TPSA) is 75.7 Å². The van der Waals surface area contributed by atoms with Crippen LogP contribution in [-0.4, -0.2) is 49.4 Å². The van der Waals surface area contributed by atoms with Gasteiger partial charge in [0.05, 0.1) is 5.25 Å². The number of likely N-dealkylation sites (tertiary alicyclic amines) is 1. The van der Waals surface area contributed by atoms with Gasteiger partial charge in [-0.05, 0) is 70.4 Å². The van der Waals surface area contributed by atoms with Crippen LogP contribution in [0.15, 0.2) is 42.5 Å². The molecule has 0 saturated carbocycles. The Morgan fingerprint density at radius 1 is 1.12 bits per heavy atom. The number of nitrogens with zero attached hydrogens (tertiary/aromatic N) is 1. The fourth-order valence-electron chi connectivity index (χ4n) is 3.90. The van der Waals surface area contributed by atoms with Gasteiger partial charge < -0.3 is 9.64 Å². The molecule has 3 rings (SSSR count). The van der Waals surface area contributed by atoms with E-state index in [1.54, 1.807) is 30.9 Å². The van der Waals surface area contributed by atoms with Crippen molar-refractivity contribution in [1.82, 2.24) is 9.62 Å². The highest BCUT2D eigenvalue weighted by Crippen LogP contribution is 2.34. The predicted octanol–water partition coefficient (Wildman–Crippen LogP) is 6.08. The van der Waals surface area contributed by atoms with Gasteiger partial charge in [-0.2, -0.15) is 0 Å². The maximum atomic E-state index is 12.7. The summed E-state index contributed by atoms with van der Waals surface area (Å²) in [6.07, 6.45) is 0.0857. The number of sulfonamides is 1. The van der Waals surface area contributed by atoms with Crippen molar-refractivity contribution in [3.63, 3.8) is 0 Å². The summed E-state index contributed by atoms with van der Waals surface area (Å²) in [5.41, 5.74) is 2.03. The molecule has 2 atom stereocenters. The van der Waals surface area contributed by atoms with E-state index in [1.807, 2.05) is 51.1 Å². The number of benzene rings is 2. The number of halogens is 2. The van der Waals surface area contributed by atoms with Gasteiger partial charge in [-0.15, -0.1) is 0 Å². The Hall–Kier alpha value is -1.80. The summed E-state index contributed by atoms with van der Waals surface area (Å²) < 4.78 is 33.7. The van der Waals surface area contributed by atoms with E-state index < -0.39 is 27.0 Å². The Labute approximate surface area is 212 Å². The first kappa shape index (κ1) is 26.8. The Morgan fingerprint density at radius 3 is 2.35 bits per heavy atom. The quantitative estimate of drug-likeness (QED) is 0.511. The molecule has 0 aromatic heterocycles. The summed E-state index contributed by atoms with van der Waals surface area (Å²) in [6, 6.07) is 12.7. The van der Waals surface area contributed by atoms with Gasteiger partial charge in [0, 0.05) is 40.7 Å². The molecular weight excluding hydrogens is 495 g/mol. The van der Waals surface area contributed by atoms with Crippen LogP contribution in [-0.2, 0) is 14.8 Å². The van der Waals surface area contributed by atoms with E-state index in [0.717, 1.165) is 16.7 Å². The molecular formula is C25H32Cl2N2O4S. The van der Waals surface area contributed by atoms with E-state index in [2.05, 4.69) is 4.72 Å². The van der Waals surface area contributed by atoms with Gasteiger partial charge in [-0.1, -0.05) is 47.5 Å². The van der Waals surface area contributed by atoms with E-state index in [0.29, 0.717) is 29.6 Å². The van der Waals surface area contributed by atoms with E-state index >= 15 is 0 Å². The average Bonchev–Trinajstić information content (AvgIpc) is 2.74. The van der Waals surface area contributed by atoms with Crippen LogP contribution in [0.1, 0.15) is 52.5 Å². The molecule has 1 aliphatic rings. The van der Waals surface area contributed by atoms with Crippen molar-refractivity contribution in [2.45, 2.75) is 63.9 Å². The van der Waals surface area contributed by atoms with E-state index in [1.165, 1.54) is 0 Å². The molecule has 9 heteroatoms. The second-order valence-corrected chi connectivity index (χ2v) is 13.0. The molecule has 1 saturated heterocycles. The molecule has 1 N–H and O–H groups in total. The lowest BCUT2D eigenvalue weighted by Crippen LogP contribution is -2.53. The standard InChI is InChI=1S/C25H32Cl2N2O4S/c1-16(2)34(31,32)28-23-12-13-29(24(30)33-25(3,4)5)15-21(23)18-8-6-17(7-9-18)20-14-19(26)10-11-22(20)27/h6-11,14,16,21,23,28H,12-13,15H2,1-5H3/t21-,23+/m0/s1. The molecule has 6 nitrogen and oxygen atoms in total. The van der Waals surface area contributed by atoms with Crippen LogP contribution in [0.25, 0.3) is 11.1 Å². The van der Waals surface area contributed by atoms with Gasteiger partial charge in [0.15, 0.2) is 0 Å². The Morgan fingerprint density at radius 2 is 1.76 bits per heavy atom. The fraction of sp³-hybridized carbons (Fsp3) is 0.480. The number of rotatable bonds is 5. The molecule has 1 amide bonds. The largest absolute Gasteiger partial charge is 0.444 e. The summed E-state index contributed by atoms with van der Waals surface area (Å²) in [7, 11) is -3.48. The molecule has 1 fully saturated rings. The van der Waals surface area contributed by atoms with Crippen LogP contribution < -0.4 is 4.72 Å². The summed E-state index contributed by atoms with van der Waals surface area (Å²) in [5, 5.41) is 0.629. The zero-order valence-electron chi connectivity index (χ0n) is 20.1. The van der Waals surface area contributed by atoms with Crippen molar-refractivity contribution in [3.8, 4) is 11.1 Å². The van der Waals surface area contributed by atoms with Gasteiger partial charge in [0.2, 0.25) is 10.0 Å². The summed E-state index contributed by atoms with van der Waals surface area (Å²) in [6.45, 7) is 9.53. The second-order valence-electron chi connectivity index (χ2n) is 9.89. The number of amides is 1. The number of nitrogens with one attached hydrogen (secondary N) is 1. The fourth-order valence-corrected chi connectivity index (χ4v) is 5.27. The third-order valence-corrected chi connectivity index (χ3v) is 8.22. The van der Waals surface area contributed by atoms with Crippen molar-refractivity contribution in [3.05, 3.63) is 58.1 Å². The zero-order valence-corrected chi connectivity index (χ0v) is 22.5. The van der Waals surface area contributed by atoms with E-state index in [4.69, 9.17) is 27.9 Å². The van der Waals surface area contributed by atoms with Crippen molar-refractivity contribution in [2.75, 3.05) is 13.1 Å². The summed E-state index contributed by atoms with van der Waals surface area (Å²) in [4.78, 5) is 14.4. The van der Waals surface area contributed by atoms with Gasteiger partial charge in [-0.3, -0.25) is 0 Å².